The number of esters is 1. The first-order valence-electron chi connectivity index (χ1n) is 11.0. The Kier molecular flexibility index (Phi) is 7.07. The van der Waals surface area contributed by atoms with Crippen molar-refractivity contribution in [2.75, 3.05) is 27.3 Å². The first-order chi connectivity index (χ1) is 15.7. The Bertz CT molecular complexity index is 1060. The maximum Gasteiger partial charge on any atom is 0.338 e. The van der Waals surface area contributed by atoms with E-state index in [9.17, 15) is 4.79 Å². The number of rotatable bonds is 8. The van der Waals surface area contributed by atoms with Crippen LogP contribution in [0.2, 0.25) is 0 Å². The Morgan fingerprint density at radius 3 is 2.41 bits per heavy atom. The Morgan fingerprint density at radius 2 is 1.69 bits per heavy atom. The number of benzene rings is 3. The van der Waals surface area contributed by atoms with Gasteiger partial charge in [0.05, 0.1) is 19.8 Å². The molecule has 0 spiro atoms. The number of hydrogen-bond donors (Lipinski definition) is 0. The average Bonchev–Trinajstić information content (AvgIpc) is 3.35. The predicted octanol–water partition coefficient (Wildman–Crippen LogP) is 5.32. The van der Waals surface area contributed by atoms with Crippen LogP contribution >= 0.6 is 0 Å². The lowest BCUT2D eigenvalue weighted by molar-refractivity contribution is 0.0599. The van der Waals surface area contributed by atoms with Crippen LogP contribution < -0.4 is 9.47 Å². The standard InChI is InChI=1S/C27H29NO4/c1-30-24-14-13-21(17-25(24)32-19-20-9-4-3-5-10-20)23-12-8-11-22(26(23)27(29)31-2)18-28-15-6-7-16-28/h3-5,8-14,17H,6-7,15-16,18-19H2,1-2H3. The van der Waals surface area contributed by atoms with Gasteiger partial charge in [-0.1, -0.05) is 54.6 Å². The minimum Gasteiger partial charge on any atom is -0.493 e. The van der Waals surface area contributed by atoms with Crippen LogP contribution in [-0.2, 0) is 17.9 Å². The first-order valence-corrected chi connectivity index (χ1v) is 11.0. The molecule has 1 heterocycles. The van der Waals surface area contributed by atoms with Crippen molar-refractivity contribution in [3.05, 3.63) is 83.4 Å². The van der Waals surface area contributed by atoms with Gasteiger partial charge in [-0.15, -0.1) is 0 Å². The lowest BCUT2D eigenvalue weighted by atomic mass is 9.94. The average molecular weight is 432 g/mol. The van der Waals surface area contributed by atoms with Gasteiger partial charge in [0.2, 0.25) is 0 Å². The Labute approximate surface area is 189 Å². The number of nitrogens with zero attached hydrogens (tertiary/aromatic N) is 1. The van der Waals surface area contributed by atoms with Crippen LogP contribution in [0.3, 0.4) is 0 Å². The number of methoxy groups -OCH3 is 2. The molecule has 32 heavy (non-hydrogen) atoms. The Hall–Kier alpha value is -3.31. The molecule has 1 aliphatic heterocycles. The second-order valence-electron chi connectivity index (χ2n) is 7.95. The summed E-state index contributed by atoms with van der Waals surface area (Å²) in [7, 11) is 3.06. The Morgan fingerprint density at radius 1 is 0.906 bits per heavy atom. The fraction of sp³-hybridized carbons (Fsp3) is 0.296. The van der Waals surface area contributed by atoms with Crippen LogP contribution in [0.15, 0.2) is 66.7 Å². The summed E-state index contributed by atoms with van der Waals surface area (Å²) in [6.45, 7) is 3.29. The van der Waals surface area contributed by atoms with Crippen molar-refractivity contribution in [3.8, 4) is 22.6 Å². The van der Waals surface area contributed by atoms with Gasteiger partial charge in [-0.25, -0.2) is 4.79 Å². The smallest absolute Gasteiger partial charge is 0.338 e. The number of ether oxygens (including phenoxy) is 3. The summed E-state index contributed by atoms with van der Waals surface area (Å²) in [4.78, 5) is 15.2. The molecule has 0 saturated carbocycles. The molecular weight excluding hydrogens is 402 g/mol. The molecule has 0 bridgehead atoms. The molecule has 1 aliphatic rings. The molecule has 0 aliphatic carbocycles. The second-order valence-corrected chi connectivity index (χ2v) is 7.95. The van der Waals surface area contributed by atoms with Gasteiger partial charge in [0, 0.05) is 6.54 Å². The molecule has 0 unspecified atom stereocenters. The zero-order valence-corrected chi connectivity index (χ0v) is 18.7. The van der Waals surface area contributed by atoms with Gasteiger partial charge in [-0.2, -0.15) is 0 Å². The molecule has 166 valence electrons. The van der Waals surface area contributed by atoms with E-state index in [1.165, 1.54) is 20.0 Å². The van der Waals surface area contributed by atoms with Gasteiger partial charge in [-0.3, -0.25) is 4.90 Å². The molecule has 0 radical (unpaired) electrons. The van der Waals surface area contributed by atoms with E-state index in [1.807, 2.05) is 66.7 Å². The van der Waals surface area contributed by atoms with Gasteiger partial charge >= 0.3 is 5.97 Å². The van der Waals surface area contributed by atoms with E-state index >= 15 is 0 Å². The molecule has 4 rings (SSSR count). The van der Waals surface area contributed by atoms with Gasteiger partial charge in [0.25, 0.3) is 0 Å². The fourth-order valence-electron chi connectivity index (χ4n) is 4.19. The van der Waals surface area contributed by atoms with Crippen molar-refractivity contribution in [1.29, 1.82) is 0 Å². The van der Waals surface area contributed by atoms with Crippen molar-refractivity contribution < 1.29 is 19.0 Å². The van der Waals surface area contributed by atoms with E-state index in [1.54, 1.807) is 7.11 Å². The summed E-state index contributed by atoms with van der Waals surface area (Å²) in [6.07, 6.45) is 2.40. The summed E-state index contributed by atoms with van der Waals surface area (Å²) >= 11 is 0. The van der Waals surface area contributed by atoms with Crippen molar-refractivity contribution >= 4 is 5.97 Å². The lowest BCUT2D eigenvalue weighted by Gasteiger charge is -2.19. The van der Waals surface area contributed by atoms with E-state index in [0.29, 0.717) is 23.7 Å². The highest BCUT2D eigenvalue weighted by atomic mass is 16.5. The molecule has 3 aromatic rings. The van der Waals surface area contributed by atoms with Crippen molar-refractivity contribution in [3.63, 3.8) is 0 Å². The third kappa shape index (κ3) is 4.94. The van der Waals surface area contributed by atoms with Crippen LogP contribution in [0.5, 0.6) is 11.5 Å². The Balaban J connectivity index is 1.69. The number of carbonyl (C=O) groups is 1. The van der Waals surface area contributed by atoms with E-state index in [4.69, 9.17) is 14.2 Å². The zero-order valence-electron chi connectivity index (χ0n) is 18.7. The molecule has 1 saturated heterocycles. The molecule has 3 aromatic carbocycles. The first kappa shape index (κ1) is 21.9. The monoisotopic (exact) mass is 431 g/mol. The third-order valence-corrected chi connectivity index (χ3v) is 5.84. The zero-order chi connectivity index (χ0) is 22.3. The summed E-state index contributed by atoms with van der Waals surface area (Å²) in [5.41, 5.74) is 4.39. The van der Waals surface area contributed by atoms with Crippen molar-refractivity contribution in [1.82, 2.24) is 4.90 Å². The lowest BCUT2D eigenvalue weighted by Crippen LogP contribution is -2.21. The quantitative estimate of drug-likeness (QED) is 0.452. The van der Waals surface area contributed by atoms with E-state index in [2.05, 4.69) is 4.90 Å². The van der Waals surface area contributed by atoms with E-state index < -0.39 is 0 Å². The number of hydrogen-bond acceptors (Lipinski definition) is 5. The van der Waals surface area contributed by atoms with Crippen molar-refractivity contribution in [2.45, 2.75) is 26.0 Å². The minimum atomic E-state index is -0.322. The number of likely N-dealkylation sites (tertiary alicyclic amines) is 1. The van der Waals surface area contributed by atoms with Crippen LogP contribution in [0, 0.1) is 0 Å². The maximum atomic E-state index is 12.8. The second kappa shape index (κ2) is 10.3. The molecular formula is C27H29NO4. The highest BCUT2D eigenvalue weighted by molar-refractivity contribution is 5.99. The molecule has 5 nitrogen and oxygen atoms in total. The molecule has 0 amide bonds. The fourth-order valence-corrected chi connectivity index (χ4v) is 4.19. The summed E-state index contributed by atoms with van der Waals surface area (Å²) in [6, 6.07) is 21.7. The van der Waals surface area contributed by atoms with Crippen LogP contribution in [0.4, 0.5) is 0 Å². The number of carbonyl (C=O) groups excluding carboxylic acids is 1. The van der Waals surface area contributed by atoms with Gasteiger partial charge in [0.1, 0.15) is 6.61 Å². The van der Waals surface area contributed by atoms with Gasteiger partial charge in [0.15, 0.2) is 11.5 Å². The molecule has 5 heteroatoms. The highest BCUT2D eigenvalue weighted by Crippen LogP contribution is 2.36. The summed E-state index contributed by atoms with van der Waals surface area (Å²) < 4.78 is 16.8. The van der Waals surface area contributed by atoms with Crippen molar-refractivity contribution in [2.24, 2.45) is 0 Å². The van der Waals surface area contributed by atoms with Crippen LogP contribution in [-0.4, -0.2) is 38.2 Å². The summed E-state index contributed by atoms with van der Waals surface area (Å²) in [5.74, 6) is 0.963. The minimum absolute atomic E-state index is 0.322. The maximum absolute atomic E-state index is 12.8. The largest absolute Gasteiger partial charge is 0.493 e. The predicted molar refractivity (Wildman–Crippen MR) is 125 cm³/mol. The van der Waals surface area contributed by atoms with Gasteiger partial charge in [-0.05, 0) is 60.3 Å². The molecule has 0 atom stereocenters. The van der Waals surface area contributed by atoms with Gasteiger partial charge < -0.3 is 14.2 Å². The normalized spacial score (nSPS) is 13.7. The van der Waals surface area contributed by atoms with E-state index in [0.717, 1.165) is 41.9 Å². The molecule has 0 N–H and O–H groups in total. The van der Waals surface area contributed by atoms with E-state index in [-0.39, 0.29) is 5.97 Å². The topological polar surface area (TPSA) is 48.0 Å². The third-order valence-electron chi connectivity index (χ3n) is 5.84. The summed E-state index contributed by atoms with van der Waals surface area (Å²) in [5, 5.41) is 0. The van der Waals surface area contributed by atoms with Crippen LogP contribution in [0.1, 0.15) is 34.3 Å². The molecule has 0 aromatic heterocycles. The van der Waals surface area contributed by atoms with Crippen LogP contribution in [0.25, 0.3) is 11.1 Å². The highest BCUT2D eigenvalue weighted by Gasteiger charge is 2.22. The SMILES string of the molecule is COC(=O)c1c(CN2CCCC2)cccc1-c1ccc(OC)c(OCc2ccccc2)c1. The molecule has 1 fully saturated rings.